The van der Waals surface area contributed by atoms with Crippen molar-refractivity contribution < 1.29 is 22.4 Å². The highest BCUT2D eigenvalue weighted by molar-refractivity contribution is 7.90. The second kappa shape index (κ2) is 12.6. The summed E-state index contributed by atoms with van der Waals surface area (Å²) in [5, 5.41) is 2.91. The van der Waals surface area contributed by atoms with Crippen LogP contribution in [0, 0.1) is 5.82 Å². The van der Waals surface area contributed by atoms with Crippen LogP contribution in [-0.2, 0) is 26.3 Å². The molecule has 2 aromatic carbocycles. The molecule has 0 aliphatic carbocycles. The largest absolute Gasteiger partial charge is 0.352 e. The number of para-hydroxylation sites is 1. The fourth-order valence-corrected chi connectivity index (χ4v) is 4.51. The van der Waals surface area contributed by atoms with E-state index in [2.05, 4.69) is 5.32 Å². The molecular weight excluding hydrogens is 471 g/mol. The number of amides is 2. The van der Waals surface area contributed by atoms with Crippen LogP contribution < -0.4 is 9.62 Å². The second-order valence-electron chi connectivity index (χ2n) is 8.52. The maximum absolute atomic E-state index is 13.7. The zero-order valence-corrected chi connectivity index (χ0v) is 21.8. The summed E-state index contributed by atoms with van der Waals surface area (Å²) < 4.78 is 41.7. The Kier molecular flexibility index (Phi) is 10.2. The fourth-order valence-electron chi connectivity index (χ4n) is 3.46. The predicted octanol–water partition coefficient (Wildman–Crippen LogP) is 3.16. The number of halogens is 1. The number of anilines is 1. The summed E-state index contributed by atoms with van der Waals surface area (Å²) in [6.07, 6.45) is 1.04. The summed E-state index contributed by atoms with van der Waals surface area (Å²) in [5.41, 5.74) is 0.949. The van der Waals surface area contributed by atoms with E-state index < -0.39 is 34.5 Å². The zero-order chi connectivity index (χ0) is 26.2. The minimum atomic E-state index is -4.01. The summed E-state index contributed by atoms with van der Waals surface area (Å²) in [6.45, 7) is 5.13. The Labute approximate surface area is 207 Å². The number of hydrogen-bond acceptors (Lipinski definition) is 4. The van der Waals surface area contributed by atoms with Gasteiger partial charge in [-0.25, -0.2) is 8.70 Å². The van der Waals surface area contributed by atoms with Crippen LogP contribution in [0.2, 0.25) is 0 Å². The van der Waals surface area contributed by atoms with Gasteiger partial charge in [-0.05, 0) is 49.6 Å². The van der Waals surface area contributed by atoms with Crippen LogP contribution in [0.3, 0.4) is 0 Å². The zero-order valence-electron chi connectivity index (χ0n) is 20.9. The first-order chi connectivity index (χ1) is 16.5. The average molecular weight is 507 g/mol. The molecule has 2 rings (SSSR count). The van der Waals surface area contributed by atoms with Crippen LogP contribution >= 0.6 is 0 Å². The van der Waals surface area contributed by atoms with E-state index in [0.717, 1.165) is 15.0 Å². The maximum Gasteiger partial charge on any atom is 0.304 e. The van der Waals surface area contributed by atoms with Crippen molar-refractivity contribution in [2.24, 2.45) is 0 Å². The first-order valence-electron chi connectivity index (χ1n) is 11.6. The number of hydrogen-bond donors (Lipinski definition) is 1. The Balaban J connectivity index is 2.46. The number of carbonyl (C=O) groups excluding carboxylic acids is 2. The topological polar surface area (TPSA) is 90.0 Å². The van der Waals surface area contributed by atoms with Gasteiger partial charge in [-0.1, -0.05) is 44.2 Å². The molecule has 0 unspecified atom stereocenters. The van der Waals surface area contributed by atoms with Crippen molar-refractivity contribution >= 4 is 27.7 Å². The fraction of sp³-hybridized carbons (Fsp3) is 0.440. The van der Waals surface area contributed by atoms with Gasteiger partial charge in [0.2, 0.25) is 11.8 Å². The molecular formula is C25H35FN4O4S. The van der Waals surface area contributed by atoms with Crippen molar-refractivity contribution in [1.82, 2.24) is 14.5 Å². The number of nitrogens with zero attached hydrogens (tertiary/aromatic N) is 3. The van der Waals surface area contributed by atoms with Gasteiger partial charge in [-0.15, -0.1) is 0 Å². The van der Waals surface area contributed by atoms with Gasteiger partial charge in [-0.2, -0.15) is 12.7 Å². The highest BCUT2D eigenvalue weighted by atomic mass is 32.2. The van der Waals surface area contributed by atoms with Crippen molar-refractivity contribution in [3.63, 3.8) is 0 Å². The number of nitrogens with one attached hydrogen (secondary N) is 1. The molecule has 192 valence electrons. The number of rotatable bonds is 12. The summed E-state index contributed by atoms with van der Waals surface area (Å²) in [5.74, 6) is -1.28. The lowest BCUT2D eigenvalue weighted by atomic mass is 10.1. The van der Waals surface area contributed by atoms with E-state index in [1.807, 2.05) is 13.8 Å². The first-order valence-corrected chi connectivity index (χ1v) is 13.0. The van der Waals surface area contributed by atoms with Crippen LogP contribution in [0.5, 0.6) is 0 Å². The summed E-state index contributed by atoms with van der Waals surface area (Å²) in [4.78, 5) is 28.1. The van der Waals surface area contributed by atoms with Gasteiger partial charge < -0.3 is 10.2 Å². The maximum atomic E-state index is 13.7. The minimum absolute atomic E-state index is 0.0240. The molecule has 0 aliphatic rings. The Bertz CT molecular complexity index is 1080. The van der Waals surface area contributed by atoms with E-state index in [9.17, 15) is 22.4 Å². The Morgan fingerprint density at radius 3 is 2.09 bits per heavy atom. The predicted molar refractivity (Wildman–Crippen MR) is 135 cm³/mol. The average Bonchev–Trinajstić information content (AvgIpc) is 2.83. The van der Waals surface area contributed by atoms with E-state index in [4.69, 9.17) is 0 Å². The second-order valence-corrected chi connectivity index (χ2v) is 10.6. The molecule has 2 aromatic rings. The van der Waals surface area contributed by atoms with Crippen LogP contribution in [-0.4, -0.2) is 62.2 Å². The van der Waals surface area contributed by atoms with Gasteiger partial charge in [0, 0.05) is 26.7 Å². The molecule has 8 nitrogen and oxygen atoms in total. The third-order valence-electron chi connectivity index (χ3n) is 5.72. The molecule has 10 heteroatoms. The van der Waals surface area contributed by atoms with Gasteiger partial charge in [0.1, 0.15) is 18.4 Å². The third-order valence-corrected chi connectivity index (χ3v) is 7.54. The van der Waals surface area contributed by atoms with Gasteiger partial charge in [0.25, 0.3) is 0 Å². The Hall–Kier alpha value is -2.98. The molecule has 0 spiro atoms. The Morgan fingerprint density at radius 1 is 0.971 bits per heavy atom. The van der Waals surface area contributed by atoms with Crippen LogP contribution in [0.15, 0.2) is 54.6 Å². The number of carbonyl (C=O) groups is 2. The monoisotopic (exact) mass is 506 g/mol. The van der Waals surface area contributed by atoms with Gasteiger partial charge in [0.15, 0.2) is 0 Å². The quantitative estimate of drug-likeness (QED) is 0.479. The number of benzene rings is 2. The van der Waals surface area contributed by atoms with E-state index in [-0.39, 0.29) is 18.5 Å². The van der Waals surface area contributed by atoms with E-state index in [1.54, 1.807) is 49.4 Å². The molecule has 0 saturated carbocycles. The smallest absolute Gasteiger partial charge is 0.304 e. The van der Waals surface area contributed by atoms with Gasteiger partial charge in [-0.3, -0.25) is 9.59 Å². The molecule has 2 amide bonds. The molecule has 1 N–H and O–H groups in total. The van der Waals surface area contributed by atoms with E-state index >= 15 is 0 Å². The highest BCUT2D eigenvalue weighted by Crippen LogP contribution is 2.21. The molecule has 0 bridgehead atoms. The van der Waals surface area contributed by atoms with Gasteiger partial charge >= 0.3 is 10.2 Å². The molecule has 0 aliphatic heterocycles. The Morgan fingerprint density at radius 2 is 1.57 bits per heavy atom. The van der Waals surface area contributed by atoms with Crippen molar-refractivity contribution in [3.8, 4) is 0 Å². The lowest BCUT2D eigenvalue weighted by Crippen LogP contribution is -2.54. The van der Waals surface area contributed by atoms with Crippen molar-refractivity contribution in [1.29, 1.82) is 0 Å². The SMILES string of the molecule is CC[C@@H](C)NC(=O)[C@@H](CC)N(Cc1ccc(F)cc1)C(=O)CN(c1ccccc1)S(=O)(=O)N(C)C. The van der Waals surface area contributed by atoms with Gasteiger partial charge in [0.05, 0.1) is 5.69 Å². The summed E-state index contributed by atoms with van der Waals surface area (Å²) in [7, 11) is -1.23. The van der Waals surface area contributed by atoms with E-state index in [1.165, 1.54) is 31.1 Å². The van der Waals surface area contributed by atoms with Crippen LogP contribution in [0.4, 0.5) is 10.1 Å². The molecule has 0 radical (unpaired) electrons. The molecule has 0 heterocycles. The molecule has 0 fully saturated rings. The lowest BCUT2D eigenvalue weighted by Gasteiger charge is -2.34. The third kappa shape index (κ3) is 7.50. The minimum Gasteiger partial charge on any atom is -0.352 e. The molecule has 35 heavy (non-hydrogen) atoms. The molecule has 0 saturated heterocycles. The van der Waals surface area contributed by atoms with Crippen molar-refractivity contribution in [2.75, 3.05) is 24.9 Å². The van der Waals surface area contributed by atoms with Crippen LogP contribution in [0.1, 0.15) is 39.2 Å². The van der Waals surface area contributed by atoms with E-state index in [0.29, 0.717) is 17.7 Å². The first kappa shape index (κ1) is 28.3. The normalized spacial score (nSPS) is 13.2. The summed E-state index contributed by atoms with van der Waals surface area (Å²) in [6, 6.07) is 13.0. The summed E-state index contributed by atoms with van der Waals surface area (Å²) >= 11 is 0. The lowest BCUT2D eigenvalue weighted by molar-refractivity contribution is -0.140. The molecule has 0 aromatic heterocycles. The van der Waals surface area contributed by atoms with Crippen molar-refractivity contribution in [2.45, 2.75) is 52.2 Å². The van der Waals surface area contributed by atoms with Crippen molar-refractivity contribution in [3.05, 3.63) is 66.0 Å². The van der Waals surface area contributed by atoms with Crippen LogP contribution in [0.25, 0.3) is 0 Å². The standard InChI is InChI=1S/C25H35FN4O4S/c1-6-19(3)27-25(32)23(7-2)29(17-20-13-15-21(26)16-14-20)24(31)18-30(35(33,34)28(4)5)22-11-9-8-10-12-22/h8-16,19,23H,6-7,17-18H2,1-5H3,(H,27,32)/t19-,23-/m1/s1. The highest BCUT2D eigenvalue weighted by Gasteiger charge is 2.33. The molecule has 2 atom stereocenters.